The van der Waals surface area contributed by atoms with Gasteiger partial charge in [0, 0.05) is 14.5 Å². The Balaban J connectivity index is 2.04. The van der Waals surface area contributed by atoms with Crippen molar-refractivity contribution < 1.29 is 0 Å². The van der Waals surface area contributed by atoms with Gasteiger partial charge in [-0.15, -0.1) is 22.7 Å². The molecule has 1 aromatic carbocycles. The minimum absolute atomic E-state index is 0.296. The highest BCUT2D eigenvalue weighted by molar-refractivity contribution is 9.11. The van der Waals surface area contributed by atoms with Gasteiger partial charge in [0.2, 0.25) is 0 Å². The van der Waals surface area contributed by atoms with Crippen molar-refractivity contribution in [3.63, 3.8) is 0 Å². The van der Waals surface area contributed by atoms with Gasteiger partial charge >= 0.3 is 0 Å². The molecule has 0 amide bonds. The van der Waals surface area contributed by atoms with Crippen LogP contribution >= 0.6 is 38.6 Å². The predicted molar refractivity (Wildman–Crippen MR) is 98.7 cm³/mol. The quantitative estimate of drug-likeness (QED) is 0.562. The Morgan fingerprint density at radius 1 is 1.19 bits per heavy atom. The molecule has 4 heteroatoms. The van der Waals surface area contributed by atoms with Crippen LogP contribution in [0.3, 0.4) is 0 Å². The molecule has 3 aromatic rings. The van der Waals surface area contributed by atoms with Gasteiger partial charge in [-0.1, -0.05) is 25.1 Å². The molecule has 0 aliphatic heterocycles. The third kappa shape index (κ3) is 3.24. The summed E-state index contributed by atoms with van der Waals surface area (Å²) >= 11 is 7.33. The molecule has 1 atom stereocenters. The number of hydrogen-bond donors (Lipinski definition) is 1. The van der Waals surface area contributed by atoms with Gasteiger partial charge in [-0.25, -0.2) is 0 Å². The van der Waals surface area contributed by atoms with E-state index >= 15 is 0 Å². The molecule has 0 saturated carbocycles. The number of aryl methyl sites for hydroxylation is 1. The second-order valence-electron chi connectivity index (χ2n) is 5.14. The molecule has 0 saturated heterocycles. The topological polar surface area (TPSA) is 12.0 Å². The summed E-state index contributed by atoms with van der Waals surface area (Å²) in [6.07, 6.45) is 1.14. The highest BCUT2D eigenvalue weighted by atomic mass is 79.9. The fraction of sp³-hybridized carbons (Fsp3) is 0.294. The van der Waals surface area contributed by atoms with Gasteiger partial charge in [-0.05, 0) is 65.0 Å². The van der Waals surface area contributed by atoms with E-state index in [9.17, 15) is 0 Å². The van der Waals surface area contributed by atoms with Crippen molar-refractivity contribution in [3.8, 4) is 0 Å². The number of halogens is 1. The summed E-state index contributed by atoms with van der Waals surface area (Å²) in [5, 5.41) is 5.05. The Hall–Kier alpha value is -0.680. The van der Waals surface area contributed by atoms with Gasteiger partial charge in [0.05, 0.1) is 9.83 Å². The Labute approximate surface area is 142 Å². The SMILES string of the molecule is CCCNC(c1cc2ccccc2s1)c1cc(Br)sc1C. The second-order valence-corrected chi connectivity index (χ2v) is 8.89. The monoisotopic (exact) mass is 379 g/mol. The number of nitrogens with one attached hydrogen (secondary N) is 1. The zero-order valence-corrected chi connectivity index (χ0v) is 15.4. The number of rotatable bonds is 5. The molecule has 3 rings (SSSR count). The first-order chi connectivity index (χ1) is 10.2. The van der Waals surface area contributed by atoms with Crippen molar-refractivity contribution in [2.75, 3.05) is 6.54 Å². The molecule has 110 valence electrons. The smallest absolute Gasteiger partial charge is 0.0704 e. The maximum absolute atomic E-state index is 3.71. The second kappa shape index (κ2) is 6.61. The molecular weight excluding hydrogens is 362 g/mol. The van der Waals surface area contributed by atoms with E-state index in [1.54, 1.807) is 0 Å². The number of hydrogen-bond acceptors (Lipinski definition) is 3. The third-order valence-corrected chi connectivity index (χ3v) is 6.31. The first kappa shape index (κ1) is 15.2. The third-order valence-electron chi connectivity index (χ3n) is 3.56. The largest absolute Gasteiger partial charge is 0.306 e. The van der Waals surface area contributed by atoms with Crippen molar-refractivity contribution in [1.29, 1.82) is 0 Å². The highest BCUT2D eigenvalue weighted by Crippen LogP contribution is 2.38. The normalized spacial score (nSPS) is 12.9. The van der Waals surface area contributed by atoms with Crippen LogP contribution in [0.2, 0.25) is 0 Å². The fourth-order valence-corrected chi connectivity index (χ4v) is 5.45. The molecule has 0 aliphatic rings. The summed E-state index contributed by atoms with van der Waals surface area (Å²) in [6.45, 7) is 5.45. The molecule has 0 spiro atoms. The van der Waals surface area contributed by atoms with Crippen molar-refractivity contribution >= 4 is 48.7 Å². The lowest BCUT2D eigenvalue weighted by molar-refractivity contribution is 0.605. The molecule has 0 fully saturated rings. The molecule has 0 aliphatic carbocycles. The van der Waals surface area contributed by atoms with Crippen molar-refractivity contribution in [3.05, 3.63) is 55.5 Å². The summed E-state index contributed by atoms with van der Waals surface area (Å²) in [4.78, 5) is 2.78. The van der Waals surface area contributed by atoms with Crippen molar-refractivity contribution in [1.82, 2.24) is 5.32 Å². The summed E-state index contributed by atoms with van der Waals surface area (Å²) in [5.41, 5.74) is 1.40. The minimum atomic E-state index is 0.296. The van der Waals surface area contributed by atoms with Crippen LogP contribution in [0.5, 0.6) is 0 Å². The van der Waals surface area contributed by atoms with E-state index in [1.807, 2.05) is 22.7 Å². The Bertz CT molecular complexity index is 711. The predicted octanol–water partition coefficient (Wildman–Crippen LogP) is 6.12. The standard InChI is InChI=1S/C17H18BrNS2/c1-3-8-19-17(13-10-16(18)20-11(13)2)15-9-12-6-4-5-7-14(12)21-15/h4-7,9-10,17,19H,3,8H2,1-2H3. The van der Waals surface area contributed by atoms with Crippen LogP contribution in [-0.2, 0) is 0 Å². The Kier molecular flexibility index (Phi) is 4.79. The van der Waals surface area contributed by atoms with E-state index in [0.717, 1.165) is 13.0 Å². The van der Waals surface area contributed by atoms with E-state index < -0.39 is 0 Å². The average Bonchev–Trinajstić information content (AvgIpc) is 3.03. The van der Waals surface area contributed by atoms with Crippen LogP contribution in [0.15, 0.2) is 40.2 Å². The van der Waals surface area contributed by atoms with Crippen molar-refractivity contribution in [2.24, 2.45) is 0 Å². The van der Waals surface area contributed by atoms with Crippen LogP contribution in [0.4, 0.5) is 0 Å². The molecule has 2 heterocycles. The first-order valence-electron chi connectivity index (χ1n) is 7.16. The van der Waals surface area contributed by atoms with Gasteiger partial charge < -0.3 is 5.32 Å². The molecule has 1 unspecified atom stereocenters. The number of thiophene rings is 2. The van der Waals surface area contributed by atoms with E-state index in [0.29, 0.717) is 6.04 Å². The van der Waals surface area contributed by atoms with E-state index in [1.165, 1.54) is 29.2 Å². The molecule has 0 bridgehead atoms. The lowest BCUT2D eigenvalue weighted by atomic mass is 10.1. The lowest BCUT2D eigenvalue weighted by Crippen LogP contribution is -2.22. The van der Waals surface area contributed by atoms with Gasteiger partial charge in [0.25, 0.3) is 0 Å². The maximum atomic E-state index is 3.71. The fourth-order valence-electron chi connectivity index (χ4n) is 2.54. The lowest BCUT2D eigenvalue weighted by Gasteiger charge is -2.17. The summed E-state index contributed by atoms with van der Waals surface area (Å²) < 4.78 is 2.57. The minimum Gasteiger partial charge on any atom is -0.306 e. The molecule has 21 heavy (non-hydrogen) atoms. The Morgan fingerprint density at radius 3 is 2.67 bits per heavy atom. The van der Waals surface area contributed by atoms with Gasteiger partial charge in [0.15, 0.2) is 0 Å². The maximum Gasteiger partial charge on any atom is 0.0704 e. The van der Waals surface area contributed by atoms with E-state index in [4.69, 9.17) is 0 Å². The molecule has 1 nitrogen and oxygen atoms in total. The van der Waals surface area contributed by atoms with Gasteiger partial charge in [-0.2, -0.15) is 0 Å². The average molecular weight is 380 g/mol. The molecule has 1 N–H and O–H groups in total. The van der Waals surface area contributed by atoms with Gasteiger partial charge in [-0.3, -0.25) is 0 Å². The summed E-state index contributed by atoms with van der Waals surface area (Å²) in [5.74, 6) is 0. The number of fused-ring (bicyclic) bond motifs is 1. The molecular formula is C17H18BrNS2. The van der Waals surface area contributed by atoms with Crippen molar-refractivity contribution in [2.45, 2.75) is 26.3 Å². The zero-order chi connectivity index (χ0) is 14.8. The van der Waals surface area contributed by atoms with Gasteiger partial charge in [0.1, 0.15) is 0 Å². The van der Waals surface area contributed by atoms with E-state index in [-0.39, 0.29) is 0 Å². The van der Waals surface area contributed by atoms with Crippen LogP contribution in [0, 0.1) is 6.92 Å². The summed E-state index contributed by atoms with van der Waals surface area (Å²) in [6, 6.07) is 13.5. The first-order valence-corrected chi connectivity index (χ1v) is 9.59. The van der Waals surface area contributed by atoms with E-state index in [2.05, 4.69) is 71.5 Å². The molecule has 0 radical (unpaired) electrons. The summed E-state index contributed by atoms with van der Waals surface area (Å²) in [7, 11) is 0. The van der Waals surface area contributed by atoms with Crippen LogP contribution in [0.25, 0.3) is 10.1 Å². The highest BCUT2D eigenvalue weighted by Gasteiger charge is 2.19. The van der Waals surface area contributed by atoms with Crippen LogP contribution < -0.4 is 5.32 Å². The zero-order valence-electron chi connectivity index (χ0n) is 12.2. The number of benzene rings is 1. The molecule has 2 aromatic heterocycles. The Morgan fingerprint density at radius 2 is 2.00 bits per heavy atom. The van der Waals surface area contributed by atoms with Crippen LogP contribution in [-0.4, -0.2) is 6.54 Å². The van der Waals surface area contributed by atoms with Crippen LogP contribution in [0.1, 0.15) is 34.7 Å².